The van der Waals surface area contributed by atoms with Gasteiger partial charge in [0.15, 0.2) is 16.6 Å². The van der Waals surface area contributed by atoms with E-state index in [0.717, 1.165) is 30.4 Å². The smallest absolute Gasteiger partial charge is 0.331 e. The van der Waals surface area contributed by atoms with E-state index >= 15 is 0 Å². The maximum atomic E-state index is 12.8. The third-order valence-corrected chi connectivity index (χ3v) is 25.8. The molecule has 0 radical (unpaired) electrons. The minimum Gasteiger partial charge on any atom is -0.463 e. The summed E-state index contributed by atoms with van der Waals surface area (Å²) in [4.78, 5) is 12.8. The molecule has 0 aliphatic heterocycles. The van der Waals surface area contributed by atoms with Crippen molar-refractivity contribution in [1.82, 2.24) is 0 Å². The third-order valence-electron chi connectivity index (χ3n) is 11.8. The van der Waals surface area contributed by atoms with Crippen molar-refractivity contribution in [2.24, 2.45) is 5.92 Å². The van der Waals surface area contributed by atoms with Crippen molar-refractivity contribution in [2.45, 2.75) is 148 Å². The Kier molecular flexibility index (Phi) is 14.4. The van der Waals surface area contributed by atoms with E-state index < -0.39 is 25.0 Å². The first-order valence-corrected chi connectivity index (χ1v) is 26.9. The van der Waals surface area contributed by atoms with E-state index in [-0.39, 0.29) is 39.2 Å². The molecule has 8 heteroatoms. The lowest BCUT2D eigenvalue weighted by Crippen LogP contribution is -2.66. The highest BCUT2D eigenvalue weighted by atomic mass is 28.4. The quantitative estimate of drug-likeness (QED) is 0.0833. The van der Waals surface area contributed by atoms with E-state index in [4.69, 9.17) is 18.0 Å². The Balaban J connectivity index is 1.99. The number of carbonyl (C=O) groups excluding carboxylic acids is 1. The average Bonchev–Trinajstić information content (AvgIpc) is 3.01. The summed E-state index contributed by atoms with van der Waals surface area (Å²) in [6.07, 6.45) is 4.76. The van der Waals surface area contributed by atoms with Crippen LogP contribution in [0.5, 0.6) is 0 Å². The van der Waals surface area contributed by atoms with Crippen LogP contribution in [0.1, 0.15) is 94.9 Å². The molecule has 2 aromatic carbocycles. The second-order valence-electron chi connectivity index (χ2n) is 18.5. The molecule has 1 aliphatic rings. The first-order valence-electron chi connectivity index (χ1n) is 19.2. The SMILES string of the molecule is C=C1/C(=C\C(=O)OCC)C[C@@H](O[Si](C)(C)C(C)(C)C)[C@H](CCCCO[Si](c2ccccc2)(c2ccccc2)C(C)(C)C)[C@@H]1O[Si](C)(C)C(C)(C)C. The molecule has 3 rings (SSSR count). The molecule has 1 fully saturated rings. The molecular formula is C43H70O5Si3. The van der Waals surface area contributed by atoms with Crippen LogP contribution < -0.4 is 10.4 Å². The monoisotopic (exact) mass is 750 g/mol. The van der Waals surface area contributed by atoms with E-state index in [0.29, 0.717) is 19.6 Å². The lowest BCUT2D eigenvalue weighted by atomic mass is 9.76. The van der Waals surface area contributed by atoms with Gasteiger partial charge in [-0.2, -0.15) is 0 Å². The van der Waals surface area contributed by atoms with Crippen LogP contribution in [0.25, 0.3) is 0 Å². The highest BCUT2D eigenvalue weighted by molar-refractivity contribution is 6.99. The van der Waals surface area contributed by atoms with Crippen LogP contribution in [0.15, 0.2) is 84.5 Å². The molecule has 1 saturated carbocycles. The summed E-state index contributed by atoms with van der Waals surface area (Å²) in [6, 6.07) is 21.8. The Morgan fingerprint density at radius 2 is 1.25 bits per heavy atom. The molecular weight excluding hydrogens is 681 g/mol. The fraction of sp³-hybridized carbons (Fsp3) is 0.605. The number of rotatable bonds is 14. The zero-order valence-electron chi connectivity index (χ0n) is 34.6. The van der Waals surface area contributed by atoms with Gasteiger partial charge in [0.2, 0.25) is 0 Å². The molecule has 0 bridgehead atoms. The van der Waals surface area contributed by atoms with Gasteiger partial charge >= 0.3 is 5.97 Å². The van der Waals surface area contributed by atoms with Crippen molar-refractivity contribution < 1.29 is 22.8 Å². The first kappa shape index (κ1) is 43.3. The van der Waals surface area contributed by atoms with Gasteiger partial charge in [-0.25, -0.2) is 4.79 Å². The molecule has 0 unspecified atom stereocenters. The Morgan fingerprint density at radius 1 is 0.765 bits per heavy atom. The second kappa shape index (κ2) is 16.9. The Morgan fingerprint density at radius 3 is 1.71 bits per heavy atom. The van der Waals surface area contributed by atoms with E-state index in [1.54, 1.807) is 6.08 Å². The van der Waals surface area contributed by atoms with Crippen molar-refractivity contribution in [1.29, 1.82) is 0 Å². The lowest BCUT2D eigenvalue weighted by molar-refractivity contribution is -0.137. The molecule has 5 nitrogen and oxygen atoms in total. The fourth-order valence-electron chi connectivity index (χ4n) is 6.76. The van der Waals surface area contributed by atoms with Crippen LogP contribution in [-0.2, 0) is 22.8 Å². The van der Waals surface area contributed by atoms with Gasteiger partial charge in [0.1, 0.15) is 0 Å². The summed E-state index contributed by atoms with van der Waals surface area (Å²) in [5, 5.41) is 2.59. The standard InChI is InChI=1S/C43H70O5Si3/c1-16-45-39(44)32-34-31-38(47-49(12,13)41(3,4)5)37(40(33(34)2)48-50(14,15)42(6,7)8)29-23-24-30-46-51(43(9,10)11,35-25-19-17-20-26-35)36-27-21-18-22-28-36/h17-22,25-28,32,37-38,40H,2,16,23-24,29-31H2,1,3-15H3/b34-32-/t37-,38+,40+/m0/s1. The molecule has 0 amide bonds. The van der Waals surface area contributed by atoms with Gasteiger partial charge in [0.25, 0.3) is 8.32 Å². The van der Waals surface area contributed by atoms with Crippen molar-refractivity contribution in [3.63, 3.8) is 0 Å². The highest BCUT2D eigenvalue weighted by Crippen LogP contribution is 2.47. The van der Waals surface area contributed by atoms with Gasteiger partial charge in [-0.15, -0.1) is 0 Å². The molecule has 3 atom stereocenters. The molecule has 1 aliphatic carbocycles. The molecule has 0 spiro atoms. The average molecular weight is 751 g/mol. The predicted molar refractivity (Wildman–Crippen MR) is 224 cm³/mol. The molecule has 0 heterocycles. The topological polar surface area (TPSA) is 54.0 Å². The number of hydrogen-bond donors (Lipinski definition) is 0. The summed E-state index contributed by atoms with van der Waals surface area (Å²) in [5.74, 6) is -0.224. The first-order chi connectivity index (χ1) is 23.5. The predicted octanol–water partition coefficient (Wildman–Crippen LogP) is 10.6. The summed E-state index contributed by atoms with van der Waals surface area (Å²) in [5.41, 5.74) is 1.80. The zero-order valence-corrected chi connectivity index (χ0v) is 37.6. The molecule has 2 aromatic rings. The highest BCUT2D eigenvalue weighted by Gasteiger charge is 2.51. The lowest BCUT2D eigenvalue weighted by Gasteiger charge is -2.49. The fourth-order valence-corrected chi connectivity index (χ4v) is 14.0. The van der Waals surface area contributed by atoms with Crippen molar-refractivity contribution in [3.8, 4) is 0 Å². The van der Waals surface area contributed by atoms with Crippen LogP contribution in [0, 0.1) is 5.92 Å². The Bertz CT molecular complexity index is 1420. The zero-order chi connectivity index (χ0) is 38.5. The van der Waals surface area contributed by atoms with E-state index in [2.05, 4.69) is 156 Å². The van der Waals surface area contributed by atoms with Crippen LogP contribution in [0.4, 0.5) is 0 Å². The minimum absolute atomic E-state index is 0.0136. The number of hydrogen-bond acceptors (Lipinski definition) is 5. The van der Waals surface area contributed by atoms with Gasteiger partial charge in [0, 0.05) is 18.6 Å². The Labute approximate surface area is 315 Å². The molecule has 51 heavy (non-hydrogen) atoms. The summed E-state index contributed by atoms with van der Waals surface area (Å²) in [6.45, 7) is 37.4. The minimum atomic E-state index is -2.62. The normalized spacial score (nSPS) is 20.5. The molecule has 284 valence electrons. The summed E-state index contributed by atoms with van der Waals surface area (Å²) in [7, 11) is -7.02. The number of carbonyl (C=O) groups is 1. The molecule has 0 N–H and O–H groups in total. The van der Waals surface area contributed by atoms with Crippen molar-refractivity contribution in [2.75, 3.05) is 13.2 Å². The van der Waals surface area contributed by atoms with Gasteiger partial charge in [-0.05, 0) is 89.0 Å². The van der Waals surface area contributed by atoms with E-state index in [1.807, 2.05) is 6.92 Å². The van der Waals surface area contributed by atoms with Crippen molar-refractivity contribution in [3.05, 3.63) is 84.5 Å². The largest absolute Gasteiger partial charge is 0.463 e. The van der Waals surface area contributed by atoms with Crippen LogP contribution in [-0.4, -0.2) is 56.3 Å². The van der Waals surface area contributed by atoms with Crippen LogP contribution in [0.2, 0.25) is 41.3 Å². The maximum Gasteiger partial charge on any atom is 0.331 e. The Hall–Kier alpha value is -2.08. The third kappa shape index (κ3) is 10.3. The van der Waals surface area contributed by atoms with Crippen LogP contribution in [0.3, 0.4) is 0 Å². The van der Waals surface area contributed by atoms with Gasteiger partial charge < -0.3 is 18.0 Å². The maximum absolute atomic E-state index is 12.8. The van der Waals surface area contributed by atoms with E-state index in [9.17, 15) is 4.79 Å². The number of esters is 1. The molecule has 0 saturated heterocycles. The van der Waals surface area contributed by atoms with E-state index in [1.165, 1.54) is 10.4 Å². The van der Waals surface area contributed by atoms with Gasteiger partial charge in [-0.3, -0.25) is 0 Å². The van der Waals surface area contributed by atoms with Crippen LogP contribution >= 0.6 is 0 Å². The number of benzene rings is 2. The van der Waals surface area contributed by atoms with Gasteiger partial charge in [-0.1, -0.05) is 136 Å². The molecule has 0 aromatic heterocycles. The van der Waals surface area contributed by atoms with Gasteiger partial charge in [0.05, 0.1) is 18.8 Å². The summed E-state index contributed by atoms with van der Waals surface area (Å²) >= 11 is 0. The van der Waals surface area contributed by atoms with Crippen molar-refractivity contribution >= 4 is 41.3 Å². The number of ether oxygens (including phenoxy) is 1. The second-order valence-corrected chi connectivity index (χ2v) is 32.4. The summed E-state index contributed by atoms with van der Waals surface area (Å²) < 4.78 is 27.2. The number of unbranched alkanes of at least 4 members (excludes halogenated alkanes) is 1.